The number of aliphatic hydroxyl groups is 1. The first kappa shape index (κ1) is 15.6. The molecular weight excluding hydrogens is 326 g/mol. The third kappa shape index (κ3) is 2.01. The van der Waals surface area contributed by atoms with Crippen LogP contribution in [0.1, 0.15) is 56.2 Å². The molecule has 132 valence electrons. The topological polar surface area (TPSA) is 90.5 Å². The van der Waals surface area contributed by atoms with Gasteiger partial charge in [-0.05, 0) is 31.7 Å². The number of hydrogen-bond donors (Lipinski definition) is 2. The monoisotopic (exact) mass is 347 g/mol. The van der Waals surface area contributed by atoms with Crippen molar-refractivity contribution in [3.63, 3.8) is 0 Å². The Morgan fingerprint density at radius 1 is 1.42 bits per heavy atom. The molecule has 3 aromatic heterocycles. The predicted octanol–water partition coefficient (Wildman–Crippen LogP) is 3.64. The van der Waals surface area contributed by atoms with Crippen LogP contribution in [-0.4, -0.2) is 24.9 Å². The average Bonchev–Trinajstić information content (AvgIpc) is 3.37. The molecule has 0 amide bonds. The Morgan fingerprint density at radius 2 is 2.23 bits per heavy atom. The van der Waals surface area contributed by atoms with Gasteiger partial charge in [-0.2, -0.15) is 10.4 Å². The first-order chi connectivity index (χ1) is 12.6. The lowest BCUT2D eigenvalue weighted by Crippen LogP contribution is -2.25. The number of aromatic nitrogens is 4. The number of fused-ring (bicyclic) bond motifs is 2. The van der Waals surface area contributed by atoms with Crippen LogP contribution < -0.4 is 0 Å². The molecule has 2 N–H and O–H groups in total. The van der Waals surface area contributed by atoms with Crippen molar-refractivity contribution in [1.29, 1.82) is 5.26 Å². The quantitative estimate of drug-likeness (QED) is 0.757. The highest BCUT2D eigenvalue weighted by molar-refractivity contribution is 5.99. The number of H-pyrrole nitrogens is 1. The number of nitriles is 1. The summed E-state index contributed by atoms with van der Waals surface area (Å²) >= 11 is 0. The summed E-state index contributed by atoms with van der Waals surface area (Å²) in [6.07, 6.45) is 10.8. The molecule has 2 unspecified atom stereocenters. The van der Waals surface area contributed by atoms with Crippen LogP contribution in [0.3, 0.4) is 0 Å². The van der Waals surface area contributed by atoms with Crippen LogP contribution in [0.2, 0.25) is 0 Å². The van der Waals surface area contributed by atoms with Crippen molar-refractivity contribution in [3.8, 4) is 17.3 Å². The van der Waals surface area contributed by atoms with Crippen molar-refractivity contribution in [2.24, 2.45) is 5.92 Å². The van der Waals surface area contributed by atoms with Crippen molar-refractivity contribution in [1.82, 2.24) is 19.7 Å². The molecule has 0 spiro atoms. The highest BCUT2D eigenvalue weighted by Gasteiger charge is 2.40. The maximum atomic E-state index is 11.3. The third-order valence-corrected chi connectivity index (χ3v) is 6.19. The van der Waals surface area contributed by atoms with Gasteiger partial charge in [0.2, 0.25) is 0 Å². The summed E-state index contributed by atoms with van der Waals surface area (Å²) in [6, 6.07) is 4.37. The number of nitrogens with one attached hydrogen (secondary N) is 1. The summed E-state index contributed by atoms with van der Waals surface area (Å²) in [5.41, 5.74) is 3.07. The van der Waals surface area contributed by atoms with E-state index in [2.05, 4.69) is 16.0 Å². The molecule has 1 saturated carbocycles. The van der Waals surface area contributed by atoms with Crippen molar-refractivity contribution in [2.45, 2.75) is 50.7 Å². The van der Waals surface area contributed by atoms with Gasteiger partial charge in [0, 0.05) is 40.7 Å². The molecule has 3 heterocycles. The minimum absolute atomic E-state index is 0.0714. The molecule has 0 radical (unpaired) electrons. The Labute approximate surface area is 151 Å². The molecule has 1 fully saturated rings. The second kappa shape index (κ2) is 5.42. The lowest BCUT2D eigenvalue weighted by atomic mass is 9.81. The highest BCUT2D eigenvalue weighted by Crippen LogP contribution is 2.47. The third-order valence-electron chi connectivity index (χ3n) is 6.19. The van der Waals surface area contributed by atoms with E-state index in [4.69, 9.17) is 5.10 Å². The number of nitrogens with zero attached hydrogens (tertiary/aromatic N) is 4. The van der Waals surface area contributed by atoms with Crippen molar-refractivity contribution < 1.29 is 5.11 Å². The fourth-order valence-electron chi connectivity index (χ4n) is 4.81. The van der Waals surface area contributed by atoms with Crippen LogP contribution in [0.4, 0.5) is 0 Å². The summed E-state index contributed by atoms with van der Waals surface area (Å²) in [5.74, 6) is 0.484. The molecule has 0 aliphatic heterocycles. The summed E-state index contributed by atoms with van der Waals surface area (Å²) in [7, 11) is 0. The van der Waals surface area contributed by atoms with Crippen LogP contribution in [0.15, 0.2) is 24.7 Å². The van der Waals surface area contributed by atoms with Gasteiger partial charge in [0.25, 0.3) is 0 Å². The van der Waals surface area contributed by atoms with Gasteiger partial charge in [-0.15, -0.1) is 0 Å². The van der Waals surface area contributed by atoms with E-state index in [1.165, 1.54) is 12.8 Å². The van der Waals surface area contributed by atoms with Gasteiger partial charge in [-0.3, -0.25) is 4.68 Å². The summed E-state index contributed by atoms with van der Waals surface area (Å²) in [5, 5.41) is 26.5. The smallest absolute Gasteiger partial charge is 0.138 e. The fraction of sp³-hybridized carbons (Fsp3) is 0.450. The minimum atomic E-state index is -1.13. The molecule has 2 aliphatic rings. The largest absolute Gasteiger partial charge is 0.380 e. The minimum Gasteiger partial charge on any atom is -0.380 e. The number of rotatable bonds is 3. The fourth-order valence-corrected chi connectivity index (χ4v) is 4.81. The normalized spacial score (nSPS) is 23.1. The number of hydrogen-bond acceptors (Lipinski definition) is 4. The highest BCUT2D eigenvalue weighted by atomic mass is 16.3. The lowest BCUT2D eigenvalue weighted by Gasteiger charge is -2.27. The number of aromatic amines is 1. The van der Waals surface area contributed by atoms with Gasteiger partial charge >= 0.3 is 0 Å². The molecule has 3 aromatic rings. The van der Waals surface area contributed by atoms with Crippen LogP contribution in [0.25, 0.3) is 22.3 Å². The van der Waals surface area contributed by atoms with Gasteiger partial charge in [-0.1, -0.05) is 12.8 Å². The maximum absolute atomic E-state index is 11.3. The van der Waals surface area contributed by atoms with E-state index in [-0.39, 0.29) is 6.04 Å². The van der Waals surface area contributed by atoms with E-state index in [1.54, 1.807) is 6.20 Å². The molecule has 0 aromatic carbocycles. The first-order valence-corrected chi connectivity index (χ1v) is 9.27. The second-order valence-corrected chi connectivity index (χ2v) is 7.70. The molecule has 26 heavy (non-hydrogen) atoms. The zero-order chi connectivity index (χ0) is 17.9. The summed E-state index contributed by atoms with van der Waals surface area (Å²) < 4.78 is 1.94. The summed E-state index contributed by atoms with van der Waals surface area (Å²) in [6.45, 7) is 1.81. The van der Waals surface area contributed by atoms with Crippen molar-refractivity contribution in [3.05, 3.63) is 35.8 Å². The number of pyridine rings is 1. The second-order valence-electron chi connectivity index (χ2n) is 7.70. The molecule has 2 aliphatic carbocycles. The Balaban J connectivity index is 1.70. The van der Waals surface area contributed by atoms with Crippen molar-refractivity contribution in [2.75, 3.05) is 0 Å². The summed E-state index contributed by atoms with van der Waals surface area (Å²) in [4.78, 5) is 7.53. The van der Waals surface area contributed by atoms with Crippen LogP contribution >= 0.6 is 0 Å². The van der Waals surface area contributed by atoms with E-state index in [1.807, 2.05) is 30.1 Å². The Bertz CT molecular complexity index is 1030. The van der Waals surface area contributed by atoms with Gasteiger partial charge in [0.05, 0.1) is 24.2 Å². The Morgan fingerprint density at radius 3 is 3.00 bits per heavy atom. The Hall–Kier alpha value is -2.65. The van der Waals surface area contributed by atoms with Gasteiger partial charge < -0.3 is 10.1 Å². The molecule has 5 rings (SSSR count). The van der Waals surface area contributed by atoms with Crippen LogP contribution in [0, 0.1) is 17.2 Å². The van der Waals surface area contributed by atoms with E-state index in [0.717, 1.165) is 46.3 Å². The van der Waals surface area contributed by atoms with Gasteiger partial charge in [0.1, 0.15) is 11.2 Å². The average molecular weight is 347 g/mol. The van der Waals surface area contributed by atoms with E-state index in [0.29, 0.717) is 12.3 Å². The lowest BCUT2D eigenvalue weighted by molar-refractivity contribution is 0.103. The standard InChI is InChI=1S/C20H21N5O/c1-20(26)14-10-23-19-17(14)13(7-9-22-19)18-15(20)11-25(24-18)16(6-8-21)12-4-2-3-5-12/h7,9-12,16,26H,2-6H2,1H3,(H,22,23). The predicted molar refractivity (Wildman–Crippen MR) is 97.2 cm³/mol. The van der Waals surface area contributed by atoms with Crippen LogP contribution in [0.5, 0.6) is 0 Å². The molecule has 0 bridgehead atoms. The zero-order valence-electron chi connectivity index (χ0n) is 14.7. The molecule has 6 heteroatoms. The molecule has 0 saturated heterocycles. The molecular formula is C20H21N5O. The van der Waals surface area contributed by atoms with Crippen LogP contribution in [-0.2, 0) is 5.60 Å². The van der Waals surface area contributed by atoms with Gasteiger partial charge in [0.15, 0.2) is 0 Å². The zero-order valence-corrected chi connectivity index (χ0v) is 14.7. The SMILES string of the molecule is CC1(O)c2cn(C(CC#N)C3CCCC3)nc2-c2ccnc3[nH]cc1c23. The van der Waals surface area contributed by atoms with E-state index in [9.17, 15) is 10.4 Å². The van der Waals surface area contributed by atoms with Gasteiger partial charge in [-0.25, -0.2) is 4.98 Å². The maximum Gasteiger partial charge on any atom is 0.138 e. The molecule has 2 atom stereocenters. The van der Waals surface area contributed by atoms with Crippen molar-refractivity contribution >= 4 is 11.0 Å². The van der Waals surface area contributed by atoms with E-state index < -0.39 is 5.60 Å². The van der Waals surface area contributed by atoms with E-state index >= 15 is 0 Å². The Kier molecular flexibility index (Phi) is 3.25. The molecule has 6 nitrogen and oxygen atoms in total. The first-order valence-electron chi connectivity index (χ1n) is 9.27.